The first-order chi connectivity index (χ1) is 13.3. The van der Waals surface area contributed by atoms with Crippen molar-refractivity contribution in [2.75, 3.05) is 6.61 Å². The Balaban J connectivity index is 1.64. The van der Waals surface area contributed by atoms with E-state index in [1.165, 1.54) is 0 Å². The molecule has 0 spiro atoms. The number of aromatic nitrogens is 1. The van der Waals surface area contributed by atoms with Gasteiger partial charge in [-0.3, -0.25) is 9.78 Å². The van der Waals surface area contributed by atoms with E-state index in [0.29, 0.717) is 19.6 Å². The van der Waals surface area contributed by atoms with E-state index in [2.05, 4.69) is 16.4 Å². The van der Waals surface area contributed by atoms with Gasteiger partial charge in [0.05, 0.1) is 19.3 Å². The quantitative estimate of drug-likeness (QED) is 0.853. The molecular weight excluding hydrogens is 356 g/mol. The van der Waals surface area contributed by atoms with E-state index >= 15 is 0 Å². The van der Waals surface area contributed by atoms with Crippen LogP contribution in [-0.4, -0.2) is 29.1 Å². The van der Waals surface area contributed by atoms with Crippen molar-refractivity contribution >= 4 is 11.9 Å². The van der Waals surface area contributed by atoms with Crippen LogP contribution in [0.25, 0.3) is 11.1 Å². The van der Waals surface area contributed by atoms with Gasteiger partial charge in [-0.15, -0.1) is 0 Å². The van der Waals surface area contributed by atoms with Crippen molar-refractivity contribution < 1.29 is 19.1 Å². The van der Waals surface area contributed by atoms with Crippen LogP contribution in [0.15, 0.2) is 30.6 Å². The molecule has 28 heavy (non-hydrogen) atoms. The molecule has 0 saturated heterocycles. The van der Waals surface area contributed by atoms with Gasteiger partial charge in [-0.1, -0.05) is 18.2 Å². The van der Waals surface area contributed by atoms with Crippen molar-refractivity contribution in [2.45, 2.75) is 51.9 Å². The first-order valence-electron chi connectivity index (χ1n) is 9.52. The van der Waals surface area contributed by atoms with Crippen molar-refractivity contribution in [2.24, 2.45) is 0 Å². The Morgan fingerprint density at radius 1 is 1.21 bits per heavy atom. The third-order valence-electron chi connectivity index (χ3n) is 5.03. The first kappa shape index (κ1) is 18.6. The Morgan fingerprint density at radius 3 is 2.82 bits per heavy atom. The smallest absolute Gasteiger partial charge is 0.408 e. The number of alkyl carbamates (subject to hydrolysis) is 1. The second-order valence-electron chi connectivity index (χ2n) is 8.26. The monoisotopic (exact) mass is 380 g/mol. The summed E-state index contributed by atoms with van der Waals surface area (Å²) in [7, 11) is 0. The van der Waals surface area contributed by atoms with Crippen LogP contribution in [0.3, 0.4) is 0 Å². The van der Waals surface area contributed by atoms with E-state index in [1.54, 1.807) is 6.20 Å². The lowest BCUT2D eigenvalue weighted by atomic mass is 9.92. The van der Waals surface area contributed by atoms with Crippen LogP contribution in [0.2, 0.25) is 0 Å². The first-order valence-corrected chi connectivity index (χ1v) is 9.52. The molecule has 1 atom stereocenters. The number of ketones is 1. The van der Waals surface area contributed by atoms with E-state index in [9.17, 15) is 9.59 Å². The zero-order valence-electron chi connectivity index (χ0n) is 16.4. The number of rotatable bonds is 2. The molecule has 1 aromatic carbocycles. The van der Waals surface area contributed by atoms with E-state index < -0.39 is 11.7 Å². The normalized spacial score (nSPS) is 18.4. The molecule has 2 aliphatic rings. The number of carbonyl (C=O) groups is 2. The maximum absolute atomic E-state index is 12.2. The molecule has 1 aliphatic heterocycles. The second-order valence-corrected chi connectivity index (χ2v) is 8.26. The zero-order valence-corrected chi connectivity index (χ0v) is 16.4. The minimum atomic E-state index is -0.565. The summed E-state index contributed by atoms with van der Waals surface area (Å²) in [6.07, 6.45) is 4.48. The summed E-state index contributed by atoms with van der Waals surface area (Å²) in [6, 6.07) is 5.62. The highest BCUT2D eigenvalue weighted by atomic mass is 16.6. The molecule has 1 amide bonds. The number of fused-ring (bicyclic) bond motifs is 2. The standard InChI is InChI=1S/C22H24N2O4/c1-22(2,3)28-21(26)24-19-12-27-11-18-16(9-23-10-17(18)19)14-4-6-15-13(8-14)5-7-20(15)25/h4,6,8-10,19H,5,7,11-12H2,1-3H3,(H,24,26). The summed E-state index contributed by atoms with van der Waals surface area (Å²) >= 11 is 0. The summed E-state index contributed by atoms with van der Waals surface area (Å²) in [5, 5.41) is 2.89. The SMILES string of the molecule is CC(C)(C)OC(=O)NC1COCc2c(-c3ccc4c(c3)CCC4=O)cncc21. The van der Waals surface area contributed by atoms with Crippen molar-refractivity contribution in [3.05, 3.63) is 52.8 Å². The van der Waals surface area contributed by atoms with Gasteiger partial charge in [-0.05, 0) is 43.9 Å². The molecule has 6 heteroatoms. The van der Waals surface area contributed by atoms with Crippen LogP contribution >= 0.6 is 0 Å². The van der Waals surface area contributed by atoms with Gasteiger partial charge < -0.3 is 14.8 Å². The molecule has 0 fully saturated rings. The highest BCUT2D eigenvalue weighted by molar-refractivity contribution is 6.01. The molecule has 0 radical (unpaired) electrons. The fraction of sp³-hybridized carbons (Fsp3) is 0.409. The van der Waals surface area contributed by atoms with Gasteiger partial charge in [-0.25, -0.2) is 4.79 Å². The lowest BCUT2D eigenvalue weighted by Gasteiger charge is -2.29. The molecule has 4 rings (SSSR count). The Labute approximate surface area is 164 Å². The molecule has 1 aromatic heterocycles. The Hall–Kier alpha value is -2.73. The van der Waals surface area contributed by atoms with Crippen LogP contribution < -0.4 is 5.32 Å². The number of aryl methyl sites for hydroxylation is 1. The van der Waals surface area contributed by atoms with E-state index in [0.717, 1.165) is 39.8 Å². The summed E-state index contributed by atoms with van der Waals surface area (Å²) in [6.45, 7) is 6.31. The van der Waals surface area contributed by atoms with Gasteiger partial charge in [0, 0.05) is 35.5 Å². The van der Waals surface area contributed by atoms with Crippen LogP contribution in [-0.2, 0) is 22.5 Å². The second kappa shape index (κ2) is 7.02. The van der Waals surface area contributed by atoms with E-state index in [4.69, 9.17) is 9.47 Å². The van der Waals surface area contributed by atoms with Gasteiger partial charge in [-0.2, -0.15) is 0 Å². The number of ether oxygens (including phenoxy) is 2. The molecule has 1 aliphatic carbocycles. The molecular formula is C22H24N2O4. The minimum Gasteiger partial charge on any atom is -0.444 e. The van der Waals surface area contributed by atoms with Crippen LogP contribution in [0.4, 0.5) is 4.79 Å². The maximum Gasteiger partial charge on any atom is 0.408 e. The molecule has 1 N–H and O–H groups in total. The fourth-order valence-corrected chi connectivity index (χ4v) is 3.77. The molecule has 0 bridgehead atoms. The van der Waals surface area contributed by atoms with Crippen LogP contribution in [0.1, 0.15) is 60.3 Å². The lowest BCUT2D eigenvalue weighted by molar-refractivity contribution is 0.0390. The number of carbonyl (C=O) groups excluding carboxylic acids is 2. The third-order valence-corrected chi connectivity index (χ3v) is 5.03. The number of nitrogens with one attached hydrogen (secondary N) is 1. The average molecular weight is 380 g/mol. The predicted octanol–water partition coefficient (Wildman–Crippen LogP) is 3.97. The van der Waals surface area contributed by atoms with Crippen molar-refractivity contribution in [3.63, 3.8) is 0 Å². The molecule has 6 nitrogen and oxygen atoms in total. The summed E-state index contributed by atoms with van der Waals surface area (Å²) < 4.78 is 11.1. The van der Waals surface area contributed by atoms with E-state index in [1.807, 2.05) is 39.1 Å². The fourth-order valence-electron chi connectivity index (χ4n) is 3.77. The highest BCUT2D eigenvalue weighted by Gasteiger charge is 2.28. The average Bonchev–Trinajstić information content (AvgIpc) is 3.00. The van der Waals surface area contributed by atoms with Crippen molar-refractivity contribution in [3.8, 4) is 11.1 Å². The summed E-state index contributed by atoms with van der Waals surface area (Å²) in [5.41, 5.74) is 5.26. The number of hydrogen-bond donors (Lipinski definition) is 1. The van der Waals surface area contributed by atoms with Gasteiger partial charge in [0.1, 0.15) is 5.60 Å². The number of benzene rings is 1. The van der Waals surface area contributed by atoms with Gasteiger partial charge in [0.15, 0.2) is 5.78 Å². The van der Waals surface area contributed by atoms with Gasteiger partial charge >= 0.3 is 6.09 Å². The van der Waals surface area contributed by atoms with Crippen LogP contribution in [0.5, 0.6) is 0 Å². The molecule has 1 unspecified atom stereocenters. The Bertz CT molecular complexity index is 946. The molecule has 2 heterocycles. The number of Topliss-reactive ketones (excluding diaryl/α,β-unsaturated/α-hetero) is 1. The molecule has 0 saturated carbocycles. The third kappa shape index (κ3) is 3.64. The summed E-state index contributed by atoms with van der Waals surface area (Å²) in [4.78, 5) is 28.5. The largest absolute Gasteiger partial charge is 0.444 e. The predicted molar refractivity (Wildman–Crippen MR) is 104 cm³/mol. The lowest BCUT2D eigenvalue weighted by Crippen LogP contribution is -2.38. The topological polar surface area (TPSA) is 77.5 Å². The zero-order chi connectivity index (χ0) is 19.9. The van der Waals surface area contributed by atoms with Crippen LogP contribution in [0, 0.1) is 0 Å². The number of amides is 1. The van der Waals surface area contributed by atoms with Crippen molar-refractivity contribution in [1.29, 1.82) is 0 Å². The Morgan fingerprint density at radius 2 is 2.04 bits per heavy atom. The maximum atomic E-state index is 12.2. The number of nitrogens with zero attached hydrogens (tertiary/aromatic N) is 1. The Kier molecular flexibility index (Phi) is 4.67. The molecule has 2 aromatic rings. The van der Waals surface area contributed by atoms with Gasteiger partial charge in [0.2, 0.25) is 0 Å². The number of hydrogen-bond acceptors (Lipinski definition) is 5. The highest BCUT2D eigenvalue weighted by Crippen LogP contribution is 2.35. The summed E-state index contributed by atoms with van der Waals surface area (Å²) in [5.74, 6) is 0.208. The van der Waals surface area contributed by atoms with Crippen molar-refractivity contribution in [1.82, 2.24) is 10.3 Å². The van der Waals surface area contributed by atoms with Gasteiger partial charge in [0.25, 0.3) is 0 Å². The number of pyridine rings is 1. The molecule has 146 valence electrons. The van der Waals surface area contributed by atoms with E-state index in [-0.39, 0.29) is 11.8 Å². The minimum absolute atomic E-state index is 0.208.